The van der Waals surface area contributed by atoms with E-state index >= 15 is 0 Å². The van der Waals surface area contributed by atoms with Crippen LogP contribution in [0, 0.1) is 6.92 Å². The number of ether oxygens (including phenoxy) is 1. The summed E-state index contributed by atoms with van der Waals surface area (Å²) in [5.74, 6) is -0.161. The molecule has 0 aliphatic carbocycles. The second-order valence-corrected chi connectivity index (χ2v) is 6.21. The van der Waals surface area contributed by atoms with Gasteiger partial charge in [0.05, 0.1) is 15.9 Å². The number of aromatic nitrogens is 1. The zero-order valence-electron chi connectivity index (χ0n) is 11.2. The number of hydrogen-bond acceptors (Lipinski definition) is 5. The van der Waals surface area contributed by atoms with Crippen LogP contribution in [0.2, 0.25) is 0 Å². The van der Waals surface area contributed by atoms with Gasteiger partial charge in [0, 0.05) is 6.20 Å². The lowest BCUT2D eigenvalue weighted by Gasteiger charge is -2.21. The molecule has 0 radical (unpaired) electrons. The molecule has 0 aromatic carbocycles. The second-order valence-electron chi connectivity index (χ2n) is 4.98. The number of hydrogen-bond donors (Lipinski definition) is 1. The fourth-order valence-corrected chi connectivity index (χ4v) is 2.04. The minimum Gasteiger partial charge on any atom is -0.444 e. The Hall–Kier alpha value is -1.43. The molecule has 0 unspecified atom stereocenters. The quantitative estimate of drug-likeness (QED) is 0.857. The van der Waals surface area contributed by atoms with Gasteiger partial charge in [0.2, 0.25) is 0 Å². The van der Waals surface area contributed by atoms with Crippen molar-refractivity contribution in [2.75, 3.05) is 0 Å². The molecule has 1 rings (SSSR count). The van der Waals surface area contributed by atoms with Crippen LogP contribution in [0.4, 0.5) is 4.79 Å². The summed E-state index contributed by atoms with van der Waals surface area (Å²) < 4.78 is 5.09. The Labute approximate surface area is 111 Å². The summed E-state index contributed by atoms with van der Waals surface area (Å²) in [7, 11) is 0. The highest BCUT2D eigenvalue weighted by Crippen LogP contribution is 2.14. The zero-order chi connectivity index (χ0) is 13.9. The van der Waals surface area contributed by atoms with Crippen LogP contribution in [0.25, 0.3) is 0 Å². The van der Waals surface area contributed by atoms with Crippen LogP contribution in [0.3, 0.4) is 0 Å². The molecule has 1 atom stereocenters. The highest BCUT2D eigenvalue weighted by Gasteiger charge is 2.22. The highest BCUT2D eigenvalue weighted by molar-refractivity contribution is 7.13. The molecule has 0 bridgehead atoms. The molecule has 0 aliphatic heterocycles. The van der Waals surface area contributed by atoms with Crippen LogP contribution in [0.1, 0.15) is 42.4 Å². The molecule has 0 spiro atoms. The Morgan fingerprint density at radius 2 is 2.06 bits per heavy atom. The fraction of sp³-hybridized carbons (Fsp3) is 0.583. The highest BCUT2D eigenvalue weighted by atomic mass is 32.1. The summed E-state index contributed by atoms with van der Waals surface area (Å²) in [5.41, 5.74) is -0.575. The first-order valence-electron chi connectivity index (χ1n) is 5.65. The van der Waals surface area contributed by atoms with Crippen molar-refractivity contribution in [1.29, 1.82) is 0 Å². The summed E-state index contributed by atoms with van der Waals surface area (Å²) in [4.78, 5) is 28.0. The third-order valence-electron chi connectivity index (χ3n) is 1.99. The van der Waals surface area contributed by atoms with Crippen LogP contribution in [-0.4, -0.2) is 28.5 Å². The maximum absolute atomic E-state index is 12.0. The lowest BCUT2D eigenvalue weighted by atomic mass is 10.2. The van der Waals surface area contributed by atoms with Crippen molar-refractivity contribution >= 4 is 23.2 Å². The van der Waals surface area contributed by atoms with E-state index in [2.05, 4.69) is 10.3 Å². The summed E-state index contributed by atoms with van der Waals surface area (Å²) in [6, 6.07) is -0.625. The number of rotatable bonds is 3. The smallest absolute Gasteiger partial charge is 0.408 e. The SMILES string of the molecule is Cc1ncc(C(=O)[C@H](C)NC(=O)OC(C)(C)C)s1. The Morgan fingerprint density at radius 1 is 1.44 bits per heavy atom. The molecule has 5 nitrogen and oxygen atoms in total. The summed E-state index contributed by atoms with van der Waals surface area (Å²) in [6.45, 7) is 8.76. The predicted octanol–water partition coefficient (Wildman–Crippen LogP) is 2.55. The molecular weight excluding hydrogens is 252 g/mol. The maximum atomic E-state index is 12.0. The molecule has 100 valence electrons. The molecule has 1 aromatic heterocycles. The number of Topliss-reactive ketones (excluding diaryl/α,β-unsaturated/α-hetero) is 1. The Morgan fingerprint density at radius 3 is 2.50 bits per heavy atom. The van der Waals surface area contributed by atoms with Crippen LogP contribution in [-0.2, 0) is 4.74 Å². The standard InChI is InChI=1S/C12H18N2O3S/c1-7(14-11(16)17-12(3,4)5)10(15)9-6-13-8(2)18-9/h6-7H,1-5H3,(H,14,16)/t7-/m0/s1. The monoisotopic (exact) mass is 270 g/mol. The molecule has 6 heteroatoms. The van der Waals surface area contributed by atoms with E-state index in [4.69, 9.17) is 4.74 Å². The molecule has 0 saturated carbocycles. The normalized spacial score (nSPS) is 12.9. The van der Waals surface area contributed by atoms with E-state index < -0.39 is 17.7 Å². The predicted molar refractivity (Wildman–Crippen MR) is 70.0 cm³/mol. The third-order valence-corrected chi connectivity index (χ3v) is 2.92. The van der Waals surface area contributed by atoms with E-state index in [9.17, 15) is 9.59 Å². The van der Waals surface area contributed by atoms with Gasteiger partial charge in [-0.15, -0.1) is 11.3 Å². The lowest BCUT2D eigenvalue weighted by molar-refractivity contribution is 0.0497. The topological polar surface area (TPSA) is 68.3 Å². The van der Waals surface area contributed by atoms with Crippen LogP contribution < -0.4 is 5.32 Å². The summed E-state index contributed by atoms with van der Waals surface area (Å²) in [5, 5.41) is 3.33. The van der Waals surface area contributed by atoms with E-state index in [-0.39, 0.29) is 5.78 Å². The molecular formula is C12H18N2O3S. The van der Waals surface area contributed by atoms with Gasteiger partial charge in [-0.05, 0) is 34.6 Å². The summed E-state index contributed by atoms with van der Waals surface area (Å²) >= 11 is 1.31. The van der Waals surface area contributed by atoms with Crippen LogP contribution in [0.15, 0.2) is 6.20 Å². The van der Waals surface area contributed by atoms with Gasteiger partial charge in [-0.2, -0.15) is 0 Å². The molecule has 18 heavy (non-hydrogen) atoms. The van der Waals surface area contributed by atoms with Gasteiger partial charge in [-0.25, -0.2) is 9.78 Å². The molecule has 0 aliphatic rings. The Balaban J connectivity index is 2.58. The lowest BCUT2D eigenvalue weighted by Crippen LogP contribution is -2.41. The van der Waals surface area contributed by atoms with Crippen molar-refractivity contribution < 1.29 is 14.3 Å². The van der Waals surface area contributed by atoms with E-state index in [0.29, 0.717) is 4.88 Å². The van der Waals surface area contributed by atoms with Crippen LogP contribution in [0.5, 0.6) is 0 Å². The first kappa shape index (κ1) is 14.6. The number of amides is 1. The number of nitrogens with one attached hydrogen (secondary N) is 1. The van der Waals surface area contributed by atoms with Crippen molar-refractivity contribution in [2.45, 2.75) is 46.3 Å². The number of thiazole rings is 1. The van der Waals surface area contributed by atoms with E-state index in [1.165, 1.54) is 17.5 Å². The van der Waals surface area contributed by atoms with E-state index in [0.717, 1.165) is 5.01 Å². The largest absolute Gasteiger partial charge is 0.444 e. The van der Waals surface area contributed by atoms with Gasteiger partial charge in [0.15, 0.2) is 5.78 Å². The third kappa shape index (κ3) is 4.44. The molecule has 1 aromatic rings. The fourth-order valence-electron chi connectivity index (χ4n) is 1.24. The maximum Gasteiger partial charge on any atom is 0.408 e. The minimum absolute atomic E-state index is 0.161. The average Bonchev–Trinajstić information content (AvgIpc) is 2.60. The number of carbonyl (C=O) groups excluding carboxylic acids is 2. The summed E-state index contributed by atoms with van der Waals surface area (Å²) in [6.07, 6.45) is 0.930. The molecule has 0 saturated heterocycles. The molecule has 0 fully saturated rings. The number of carbonyl (C=O) groups is 2. The Bertz CT molecular complexity index is 448. The Kier molecular flexibility index (Phi) is 4.45. The molecule has 1 N–H and O–H groups in total. The number of alkyl carbamates (subject to hydrolysis) is 1. The van der Waals surface area contributed by atoms with Gasteiger partial charge < -0.3 is 10.1 Å². The first-order valence-corrected chi connectivity index (χ1v) is 6.47. The van der Waals surface area contributed by atoms with Crippen LogP contribution >= 0.6 is 11.3 Å². The van der Waals surface area contributed by atoms with Crippen molar-refractivity contribution in [1.82, 2.24) is 10.3 Å². The van der Waals surface area contributed by atoms with E-state index in [1.54, 1.807) is 27.7 Å². The second kappa shape index (κ2) is 5.48. The zero-order valence-corrected chi connectivity index (χ0v) is 12.1. The van der Waals surface area contributed by atoms with Crippen molar-refractivity contribution in [3.05, 3.63) is 16.1 Å². The van der Waals surface area contributed by atoms with Crippen molar-refractivity contribution in [3.8, 4) is 0 Å². The minimum atomic E-state index is -0.625. The number of aryl methyl sites for hydroxylation is 1. The van der Waals surface area contributed by atoms with Crippen molar-refractivity contribution in [3.63, 3.8) is 0 Å². The van der Waals surface area contributed by atoms with Gasteiger partial charge >= 0.3 is 6.09 Å². The van der Waals surface area contributed by atoms with E-state index in [1.807, 2.05) is 6.92 Å². The van der Waals surface area contributed by atoms with Crippen molar-refractivity contribution in [2.24, 2.45) is 0 Å². The number of nitrogens with zero attached hydrogens (tertiary/aromatic N) is 1. The first-order chi connectivity index (χ1) is 8.19. The van der Waals surface area contributed by atoms with Gasteiger partial charge in [0.25, 0.3) is 0 Å². The van der Waals surface area contributed by atoms with Gasteiger partial charge in [-0.3, -0.25) is 4.79 Å². The number of ketones is 1. The van der Waals surface area contributed by atoms with Gasteiger partial charge in [0.1, 0.15) is 5.60 Å². The van der Waals surface area contributed by atoms with Gasteiger partial charge in [-0.1, -0.05) is 0 Å². The average molecular weight is 270 g/mol. The molecule has 1 heterocycles. The molecule has 1 amide bonds.